The predicted octanol–water partition coefficient (Wildman–Crippen LogP) is 0.828. The second kappa shape index (κ2) is 6.35. The average Bonchev–Trinajstić information content (AvgIpc) is 2.77. The summed E-state index contributed by atoms with van der Waals surface area (Å²) in [6.45, 7) is 0. The Kier molecular flexibility index (Phi) is 4.66. The van der Waals surface area contributed by atoms with E-state index in [1.165, 1.54) is 6.07 Å². The molecule has 6 nitrogen and oxygen atoms in total. The Bertz CT molecular complexity index is 695. The highest BCUT2D eigenvalue weighted by atomic mass is 19.1. The molecule has 3 rings (SSSR count). The van der Waals surface area contributed by atoms with Crippen LogP contribution in [0.15, 0.2) is 12.1 Å². The number of rotatable bonds is 6. The summed E-state index contributed by atoms with van der Waals surface area (Å²) >= 11 is 0. The van der Waals surface area contributed by atoms with Crippen molar-refractivity contribution in [1.82, 2.24) is 0 Å². The smallest absolute Gasteiger partial charge is 0.451 e. The summed E-state index contributed by atoms with van der Waals surface area (Å²) in [5.74, 6) is -1.98. The molecule has 0 unspecified atom stereocenters. The van der Waals surface area contributed by atoms with E-state index in [-0.39, 0.29) is 6.32 Å². The maximum Gasteiger partial charge on any atom is 0.451 e. The van der Waals surface area contributed by atoms with Crippen LogP contribution in [0, 0.1) is 11.7 Å². The first-order valence-electron chi connectivity index (χ1n) is 8.69. The van der Waals surface area contributed by atoms with Crippen LogP contribution in [0.3, 0.4) is 0 Å². The van der Waals surface area contributed by atoms with Gasteiger partial charge in [0, 0.05) is 11.1 Å². The summed E-state index contributed by atoms with van der Waals surface area (Å²) in [4.78, 5) is 12.0. The number of carbonyl (C=O) groups is 1. The quantitative estimate of drug-likeness (QED) is 0.483. The Morgan fingerprint density at radius 3 is 2.48 bits per heavy atom. The fourth-order valence-electron chi connectivity index (χ4n) is 4.19. The van der Waals surface area contributed by atoms with Gasteiger partial charge in [0.15, 0.2) is 0 Å². The van der Waals surface area contributed by atoms with Crippen LogP contribution >= 0.6 is 0 Å². The molecule has 7 N–H and O–H groups in total. The molecule has 0 saturated heterocycles. The number of carboxylic acid groups (broad SMARTS) is 1. The van der Waals surface area contributed by atoms with Gasteiger partial charge < -0.3 is 26.6 Å². The molecule has 1 aromatic rings. The van der Waals surface area contributed by atoms with Gasteiger partial charge in [-0.3, -0.25) is 0 Å². The van der Waals surface area contributed by atoms with Gasteiger partial charge in [-0.2, -0.15) is 0 Å². The number of aliphatic carboxylic acids is 1. The van der Waals surface area contributed by atoms with E-state index in [1.54, 1.807) is 6.07 Å². The first kappa shape index (κ1) is 18.3. The molecule has 8 heteroatoms. The molecule has 1 aromatic carbocycles. The normalized spacial score (nSPS) is 26.8. The number of fused-ring (bicyclic) bond motifs is 1. The molecule has 1 fully saturated rings. The first-order chi connectivity index (χ1) is 11.7. The second-order valence-electron chi connectivity index (χ2n) is 7.49. The standard InChI is InChI=1S/C17H24BFN2O4/c19-14-8-10-7-11(3-1-6-18(24)25)17(21,15(22)23)12(10)9-13(14)16(20)4-2-5-16/h8-9,11,24-25H,1-7,20-21H2,(H,22,23)/t11-,17+/m0/s1. The minimum atomic E-state index is -1.61. The highest BCUT2D eigenvalue weighted by Gasteiger charge is 2.51. The topological polar surface area (TPSA) is 130 Å². The van der Waals surface area contributed by atoms with Gasteiger partial charge in [0.25, 0.3) is 0 Å². The van der Waals surface area contributed by atoms with Crippen LogP contribution in [-0.2, 0) is 22.3 Å². The van der Waals surface area contributed by atoms with Crippen LogP contribution in [0.5, 0.6) is 0 Å². The zero-order valence-electron chi connectivity index (χ0n) is 14.0. The van der Waals surface area contributed by atoms with Crippen molar-refractivity contribution in [3.05, 3.63) is 34.6 Å². The van der Waals surface area contributed by atoms with Gasteiger partial charge in [0.05, 0.1) is 0 Å². The molecule has 0 heterocycles. The highest BCUT2D eigenvalue weighted by Crippen LogP contribution is 2.47. The van der Waals surface area contributed by atoms with E-state index in [0.29, 0.717) is 48.8 Å². The predicted molar refractivity (Wildman–Crippen MR) is 91.0 cm³/mol. The number of hydrogen-bond acceptors (Lipinski definition) is 5. The summed E-state index contributed by atoms with van der Waals surface area (Å²) in [5.41, 5.74) is 11.6. The van der Waals surface area contributed by atoms with Crippen LogP contribution in [0.1, 0.15) is 48.8 Å². The van der Waals surface area contributed by atoms with Gasteiger partial charge in [-0.05, 0) is 67.6 Å². The molecule has 2 atom stereocenters. The van der Waals surface area contributed by atoms with Crippen molar-refractivity contribution < 1.29 is 24.3 Å². The van der Waals surface area contributed by atoms with E-state index < -0.39 is 35.9 Å². The van der Waals surface area contributed by atoms with Crippen molar-refractivity contribution in [2.45, 2.75) is 55.9 Å². The average molecular weight is 350 g/mol. The number of hydrogen-bond donors (Lipinski definition) is 5. The van der Waals surface area contributed by atoms with Crippen LogP contribution in [0.4, 0.5) is 4.39 Å². The van der Waals surface area contributed by atoms with Crippen LogP contribution in [0.25, 0.3) is 0 Å². The Morgan fingerprint density at radius 2 is 1.96 bits per heavy atom. The molecule has 0 amide bonds. The van der Waals surface area contributed by atoms with E-state index in [2.05, 4.69) is 0 Å². The maximum atomic E-state index is 14.6. The first-order valence-corrected chi connectivity index (χ1v) is 8.69. The summed E-state index contributed by atoms with van der Waals surface area (Å²) in [6.07, 6.45) is 3.61. The molecule has 1 saturated carbocycles. The molecule has 136 valence electrons. The van der Waals surface area contributed by atoms with Crippen molar-refractivity contribution in [2.75, 3.05) is 0 Å². The minimum absolute atomic E-state index is 0.147. The zero-order valence-corrected chi connectivity index (χ0v) is 14.0. The van der Waals surface area contributed by atoms with Gasteiger partial charge >= 0.3 is 13.1 Å². The largest absolute Gasteiger partial charge is 0.480 e. The van der Waals surface area contributed by atoms with Crippen molar-refractivity contribution in [3.63, 3.8) is 0 Å². The van der Waals surface area contributed by atoms with Crippen LogP contribution in [-0.4, -0.2) is 28.2 Å². The van der Waals surface area contributed by atoms with E-state index in [1.807, 2.05) is 0 Å². The third-order valence-corrected chi connectivity index (χ3v) is 5.90. The third kappa shape index (κ3) is 2.97. The monoisotopic (exact) mass is 350 g/mol. The number of carboxylic acids is 1. The lowest BCUT2D eigenvalue weighted by atomic mass is 9.71. The van der Waals surface area contributed by atoms with Gasteiger partial charge in [-0.1, -0.05) is 6.42 Å². The number of benzene rings is 1. The lowest BCUT2D eigenvalue weighted by Gasteiger charge is -2.39. The molecule has 2 aliphatic carbocycles. The second-order valence-corrected chi connectivity index (χ2v) is 7.49. The maximum absolute atomic E-state index is 14.6. The van der Waals surface area contributed by atoms with Gasteiger partial charge in [0.2, 0.25) is 0 Å². The molecular weight excluding hydrogens is 326 g/mol. The van der Waals surface area contributed by atoms with Crippen LogP contribution in [0.2, 0.25) is 6.32 Å². The van der Waals surface area contributed by atoms with Crippen molar-refractivity contribution in [3.8, 4) is 0 Å². The Labute approximate surface area is 146 Å². The highest BCUT2D eigenvalue weighted by molar-refractivity contribution is 6.40. The van der Waals surface area contributed by atoms with Gasteiger partial charge in [0.1, 0.15) is 11.4 Å². The fraction of sp³-hybridized carbons (Fsp3) is 0.588. The number of halogens is 1. The Hall–Kier alpha value is -1.48. The Morgan fingerprint density at radius 1 is 1.28 bits per heavy atom. The number of nitrogens with two attached hydrogens (primary N) is 2. The summed E-state index contributed by atoms with van der Waals surface area (Å²) in [7, 11) is -1.43. The van der Waals surface area contributed by atoms with Crippen LogP contribution < -0.4 is 11.5 Å². The molecule has 25 heavy (non-hydrogen) atoms. The van der Waals surface area contributed by atoms with Gasteiger partial charge in [-0.15, -0.1) is 0 Å². The van der Waals surface area contributed by atoms with E-state index in [4.69, 9.17) is 21.5 Å². The molecule has 0 radical (unpaired) electrons. The lowest BCUT2D eigenvalue weighted by Crippen LogP contribution is -2.49. The van der Waals surface area contributed by atoms with E-state index in [9.17, 15) is 14.3 Å². The van der Waals surface area contributed by atoms with Crippen molar-refractivity contribution >= 4 is 13.1 Å². The van der Waals surface area contributed by atoms with E-state index >= 15 is 0 Å². The summed E-state index contributed by atoms with van der Waals surface area (Å²) in [5, 5.41) is 27.7. The minimum Gasteiger partial charge on any atom is -0.480 e. The molecule has 0 bridgehead atoms. The summed E-state index contributed by atoms with van der Waals surface area (Å²) in [6, 6.07) is 2.93. The zero-order chi connectivity index (χ0) is 18.4. The molecule has 0 spiro atoms. The molecule has 0 aliphatic heterocycles. The van der Waals surface area contributed by atoms with E-state index in [0.717, 1.165) is 6.42 Å². The third-order valence-electron chi connectivity index (χ3n) is 5.90. The summed E-state index contributed by atoms with van der Waals surface area (Å²) < 4.78 is 14.6. The Balaban J connectivity index is 1.95. The lowest BCUT2D eigenvalue weighted by molar-refractivity contribution is -0.145. The van der Waals surface area contributed by atoms with Crippen molar-refractivity contribution in [1.29, 1.82) is 0 Å². The molecule has 2 aliphatic rings. The molecule has 0 aromatic heterocycles. The fourth-order valence-corrected chi connectivity index (χ4v) is 4.19. The molecular formula is C17H24BFN2O4. The SMILES string of the molecule is NC1(c2cc3c(cc2F)C[C@H](CCCB(O)O)[C@]3(N)C(=O)O)CCC1. The van der Waals surface area contributed by atoms with Gasteiger partial charge in [-0.25, -0.2) is 9.18 Å². The van der Waals surface area contributed by atoms with Crippen molar-refractivity contribution in [2.24, 2.45) is 17.4 Å².